The van der Waals surface area contributed by atoms with E-state index in [-0.39, 0.29) is 0 Å². The maximum absolute atomic E-state index is 7.50. The van der Waals surface area contributed by atoms with Crippen molar-refractivity contribution in [1.29, 1.82) is 0 Å². The molecule has 0 heterocycles. The SMILES string of the molecule is CNN(C)[C](=[Cr])c1ccccc1.[C-]#[O+].[C-]#[O+].[C-]#[O+].[C-]#[O+].[C-]#[O+]. The Balaban J connectivity index is -0.0000000822. The Kier molecular flexibility index (Phi) is 53.5. The molecule has 0 saturated carbocycles. The molecule has 0 aliphatic heterocycles. The molecule has 0 unspecified atom stereocenters. The Bertz CT molecular complexity index is 417. The van der Waals surface area contributed by atoms with E-state index >= 15 is 0 Å². The summed E-state index contributed by atoms with van der Waals surface area (Å²) in [6.45, 7) is 22.5. The Hall–Kier alpha value is -1.76. The Morgan fingerprint density at radius 1 is 0.864 bits per heavy atom. The number of benzene rings is 1. The van der Waals surface area contributed by atoms with Crippen LogP contribution in [0, 0.1) is 33.3 Å². The molecule has 0 atom stereocenters. The zero-order valence-corrected chi connectivity index (χ0v) is 13.1. The molecule has 22 heavy (non-hydrogen) atoms. The van der Waals surface area contributed by atoms with Gasteiger partial charge in [-0.2, -0.15) is 0 Å². The van der Waals surface area contributed by atoms with Crippen molar-refractivity contribution in [2.45, 2.75) is 0 Å². The van der Waals surface area contributed by atoms with Crippen LogP contribution in [0.3, 0.4) is 0 Å². The van der Waals surface area contributed by atoms with Gasteiger partial charge in [0.05, 0.1) is 0 Å². The molecule has 7 nitrogen and oxygen atoms in total. The van der Waals surface area contributed by atoms with Crippen LogP contribution in [0.5, 0.6) is 0 Å². The summed E-state index contributed by atoms with van der Waals surface area (Å²) < 4.78 is 38.6. The van der Waals surface area contributed by atoms with Gasteiger partial charge in [-0.1, -0.05) is 0 Å². The second kappa shape index (κ2) is 36.5. The van der Waals surface area contributed by atoms with Crippen molar-refractivity contribution >= 4 is 4.50 Å². The molecule has 0 bridgehead atoms. The van der Waals surface area contributed by atoms with Crippen molar-refractivity contribution < 1.29 is 39.1 Å². The van der Waals surface area contributed by atoms with E-state index in [4.69, 9.17) is 23.3 Å². The maximum atomic E-state index is 7.50. The van der Waals surface area contributed by atoms with E-state index in [0.717, 1.165) is 4.50 Å². The summed E-state index contributed by atoms with van der Waals surface area (Å²) in [7, 11) is 3.86. The van der Waals surface area contributed by atoms with E-state index in [1.165, 1.54) is 5.56 Å². The van der Waals surface area contributed by atoms with E-state index in [1.54, 1.807) is 0 Å². The molecule has 0 aliphatic rings. The molecular weight excluding hydrogens is 328 g/mol. The fourth-order valence-electron chi connectivity index (χ4n) is 0.876. The average Bonchev–Trinajstić information content (AvgIpc) is 2.69. The van der Waals surface area contributed by atoms with Gasteiger partial charge in [0, 0.05) is 0 Å². The Labute approximate surface area is 137 Å². The van der Waals surface area contributed by atoms with Crippen molar-refractivity contribution in [3.63, 3.8) is 0 Å². The monoisotopic (exact) mass is 340 g/mol. The van der Waals surface area contributed by atoms with Gasteiger partial charge in [0.2, 0.25) is 0 Å². The number of hydrogen-bond acceptors (Lipinski definition) is 2. The fourth-order valence-corrected chi connectivity index (χ4v) is 1.23. The van der Waals surface area contributed by atoms with Crippen molar-refractivity contribution in [1.82, 2.24) is 10.4 Å². The second-order valence-electron chi connectivity index (χ2n) is 2.45. The van der Waals surface area contributed by atoms with E-state index < -0.39 is 0 Å². The number of nitrogens with zero attached hydrogens (tertiary/aromatic N) is 1. The first kappa shape index (κ1) is 32.3. The molecule has 0 fully saturated rings. The van der Waals surface area contributed by atoms with Crippen LogP contribution >= 0.6 is 0 Å². The first-order valence-electron chi connectivity index (χ1n) is 4.78. The van der Waals surface area contributed by atoms with E-state index in [2.05, 4.69) is 66.7 Å². The van der Waals surface area contributed by atoms with Gasteiger partial charge in [-0.25, -0.2) is 0 Å². The molecule has 0 radical (unpaired) electrons. The van der Waals surface area contributed by atoms with Crippen molar-refractivity contribution in [3.05, 3.63) is 69.1 Å². The van der Waals surface area contributed by atoms with Crippen LogP contribution < -0.4 is 5.43 Å². The van der Waals surface area contributed by atoms with Gasteiger partial charge < -0.3 is 0 Å². The quantitative estimate of drug-likeness (QED) is 0.493. The normalized spacial score (nSPS) is 6.05. The summed E-state index contributed by atoms with van der Waals surface area (Å²) in [5, 5.41) is 1.94. The summed E-state index contributed by atoms with van der Waals surface area (Å²) in [6.07, 6.45) is 0. The second-order valence-corrected chi connectivity index (χ2v) is 3.06. The number of hydrazine groups is 1. The topological polar surface area (TPSA) is 115 Å². The summed E-state index contributed by atoms with van der Waals surface area (Å²) in [6, 6.07) is 10.2. The average molecular weight is 340 g/mol. The molecule has 0 spiro atoms. The minimum absolute atomic E-state index is 1.10. The number of nitrogens with one attached hydrogen (secondary N) is 1. The predicted octanol–water partition coefficient (Wildman–Crippen LogP) is 0.590. The van der Waals surface area contributed by atoms with Gasteiger partial charge in [-0.15, -0.1) is 0 Å². The van der Waals surface area contributed by atoms with Gasteiger partial charge in [0.25, 0.3) is 0 Å². The molecule has 1 aromatic rings. The summed E-state index contributed by atoms with van der Waals surface area (Å²) in [5.41, 5.74) is 4.22. The molecule has 1 aromatic carbocycles. The van der Waals surface area contributed by atoms with Gasteiger partial charge in [-0.05, 0) is 0 Å². The standard InChI is InChI=1S/C9H12N2.5CO.Cr/c1-10-11(2)8-9-6-4-3-5-7-9;5*1-2;/h3-7,10H,1-2H3;;;;;;. The first-order chi connectivity index (χ1) is 10.8. The number of hydrogen-bond donors (Lipinski definition) is 1. The third kappa shape index (κ3) is 20.6. The molecular formula is C14H12CrN2O5. The molecule has 0 amide bonds. The molecule has 1 rings (SSSR count). The van der Waals surface area contributed by atoms with Crippen LogP contribution in [-0.2, 0) is 39.1 Å². The summed E-state index contributed by atoms with van der Waals surface area (Å²) >= 11 is 3.02. The third-order valence-corrected chi connectivity index (χ3v) is 2.46. The van der Waals surface area contributed by atoms with E-state index in [9.17, 15) is 0 Å². The third-order valence-electron chi connectivity index (χ3n) is 1.66. The van der Waals surface area contributed by atoms with Crippen LogP contribution in [0.4, 0.5) is 0 Å². The van der Waals surface area contributed by atoms with Crippen molar-refractivity contribution in [2.75, 3.05) is 14.1 Å². The van der Waals surface area contributed by atoms with Crippen LogP contribution in [-0.4, -0.2) is 23.6 Å². The summed E-state index contributed by atoms with van der Waals surface area (Å²) in [4.78, 5) is 0. The predicted molar refractivity (Wildman–Crippen MR) is 67.0 cm³/mol. The van der Waals surface area contributed by atoms with Gasteiger partial charge in [0.1, 0.15) is 0 Å². The first-order valence-corrected chi connectivity index (χ1v) is 5.42. The van der Waals surface area contributed by atoms with Gasteiger partial charge >= 0.3 is 137 Å². The zero-order valence-electron chi connectivity index (χ0n) is 11.8. The molecule has 0 aliphatic carbocycles. The fraction of sp³-hybridized carbons (Fsp3) is 0.143. The van der Waals surface area contributed by atoms with E-state index in [0.29, 0.717) is 0 Å². The van der Waals surface area contributed by atoms with Crippen LogP contribution in [0.25, 0.3) is 0 Å². The molecule has 1 N–H and O–H groups in total. The zero-order chi connectivity index (χ0) is 19.0. The number of rotatable bonds is 3. The van der Waals surface area contributed by atoms with Crippen molar-refractivity contribution in [3.8, 4) is 0 Å². The molecule has 114 valence electrons. The van der Waals surface area contributed by atoms with Crippen LogP contribution in [0.1, 0.15) is 5.56 Å². The summed E-state index contributed by atoms with van der Waals surface area (Å²) in [5.74, 6) is 0. The van der Waals surface area contributed by atoms with E-state index in [1.807, 2.05) is 37.3 Å². The molecule has 0 saturated heterocycles. The minimum atomic E-state index is 1.10. The van der Waals surface area contributed by atoms with Gasteiger partial charge in [0.15, 0.2) is 0 Å². The van der Waals surface area contributed by atoms with Crippen molar-refractivity contribution in [2.24, 2.45) is 0 Å². The Morgan fingerprint density at radius 2 is 1.18 bits per heavy atom. The Morgan fingerprint density at radius 3 is 1.45 bits per heavy atom. The van der Waals surface area contributed by atoms with Gasteiger partial charge in [-0.3, -0.25) is 0 Å². The molecule has 0 aromatic heterocycles. The van der Waals surface area contributed by atoms with Crippen LogP contribution in [0.15, 0.2) is 30.3 Å². The van der Waals surface area contributed by atoms with Crippen LogP contribution in [0.2, 0.25) is 0 Å². The molecule has 8 heteroatoms.